The number of amides is 1. The fourth-order valence-corrected chi connectivity index (χ4v) is 6.20. The van der Waals surface area contributed by atoms with Gasteiger partial charge in [-0.1, -0.05) is 74.8 Å². The van der Waals surface area contributed by atoms with Gasteiger partial charge in [0.05, 0.1) is 10.5 Å². The van der Waals surface area contributed by atoms with E-state index in [9.17, 15) is 4.79 Å². The molecule has 6 nitrogen and oxygen atoms in total. The summed E-state index contributed by atoms with van der Waals surface area (Å²) in [6, 6.07) is 20.6. The van der Waals surface area contributed by atoms with Crippen LogP contribution in [0.2, 0.25) is 5.02 Å². The summed E-state index contributed by atoms with van der Waals surface area (Å²) in [4.78, 5) is 16.0. The number of tetrazole rings is 1. The monoisotopic (exact) mass is 491 g/mol. The van der Waals surface area contributed by atoms with Crippen molar-refractivity contribution in [2.75, 3.05) is 11.4 Å². The third-order valence-electron chi connectivity index (χ3n) is 5.91. The molecule has 2 heterocycles. The van der Waals surface area contributed by atoms with Gasteiger partial charge in [-0.15, -0.1) is 16.9 Å². The Morgan fingerprint density at radius 1 is 1.06 bits per heavy atom. The molecule has 2 atom stereocenters. The van der Waals surface area contributed by atoms with E-state index in [0.29, 0.717) is 23.8 Å². The number of anilines is 1. The Labute approximate surface area is 208 Å². The van der Waals surface area contributed by atoms with Crippen molar-refractivity contribution in [3.05, 3.63) is 82.6 Å². The molecule has 5 rings (SSSR count). The van der Waals surface area contributed by atoms with E-state index < -0.39 is 0 Å². The molecular weight excluding hydrogens is 466 g/mol. The van der Waals surface area contributed by atoms with Gasteiger partial charge in [-0.25, -0.2) is 5.10 Å². The average molecular weight is 492 g/mol. The van der Waals surface area contributed by atoms with Crippen LogP contribution in [0, 0.1) is 5.41 Å². The zero-order valence-electron chi connectivity index (χ0n) is 19.3. The standard InChI is InChI=1S/C26H26ClN5OS/c1-26(2,3)15-32-21-12-11-17(27)13-20(21)24(19-10-6-8-16-7-4-5-9-18(16)19)34-22(25(32)33)14-23-28-30-31-29-23/h4-13,22,24H,14-15H2,1-3H3,(H,28,29,30,31)/t22-,24-/m0/s1. The van der Waals surface area contributed by atoms with Gasteiger partial charge in [0.25, 0.3) is 0 Å². The fourth-order valence-electron chi connectivity index (χ4n) is 4.50. The molecule has 0 bridgehead atoms. The minimum atomic E-state index is -0.368. The van der Waals surface area contributed by atoms with Crippen molar-refractivity contribution in [1.82, 2.24) is 20.6 Å². The number of carbonyl (C=O) groups excluding carboxylic acids is 1. The molecule has 0 spiro atoms. The molecule has 174 valence electrons. The van der Waals surface area contributed by atoms with Gasteiger partial charge in [0, 0.05) is 23.7 Å². The number of nitrogens with zero attached hydrogens (tertiary/aromatic N) is 4. The molecule has 1 aromatic heterocycles. The van der Waals surface area contributed by atoms with E-state index in [4.69, 9.17) is 11.6 Å². The number of halogens is 1. The summed E-state index contributed by atoms with van der Waals surface area (Å²) < 4.78 is 0. The lowest BCUT2D eigenvalue weighted by molar-refractivity contribution is -0.118. The number of rotatable bonds is 4. The SMILES string of the molecule is CC(C)(C)CN1C(=O)[C@H](Cc2nnn[nH]2)S[C@@H](c2cccc3ccccc23)c2cc(Cl)ccc21. The molecule has 1 N–H and O–H groups in total. The number of thioether (sulfide) groups is 1. The first kappa shape index (κ1) is 22.9. The van der Waals surface area contributed by atoms with Crippen molar-refractivity contribution in [2.45, 2.75) is 37.7 Å². The Kier molecular flexibility index (Phi) is 6.08. The van der Waals surface area contributed by atoms with Gasteiger partial charge < -0.3 is 4.90 Å². The van der Waals surface area contributed by atoms with Gasteiger partial charge in [0.2, 0.25) is 5.91 Å². The Bertz CT molecular complexity index is 1330. The van der Waals surface area contributed by atoms with Crippen molar-refractivity contribution in [3.63, 3.8) is 0 Å². The number of carbonyl (C=O) groups is 1. The first-order chi connectivity index (χ1) is 16.3. The highest BCUT2D eigenvalue weighted by molar-refractivity contribution is 8.01. The van der Waals surface area contributed by atoms with Crippen LogP contribution in [0.15, 0.2) is 60.7 Å². The van der Waals surface area contributed by atoms with Crippen molar-refractivity contribution in [2.24, 2.45) is 5.41 Å². The van der Waals surface area contributed by atoms with E-state index in [-0.39, 0.29) is 21.8 Å². The predicted molar refractivity (Wildman–Crippen MR) is 138 cm³/mol. The summed E-state index contributed by atoms with van der Waals surface area (Å²) in [5.74, 6) is 0.657. The van der Waals surface area contributed by atoms with E-state index in [1.165, 1.54) is 10.8 Å². The first-order valence-corrected chi connectivity index (χ1v) is 12.6. The van der Waals surface area contributed by atoms with Gasteiger partial charge in [0.1, 0.15) is 5.82 Å². The van der Waals surface area contributed by atoms with Crippen LogP contribution in [-0.2, 0) is 11.2 Å². The highest BCUT2D eigenvalue weighted by atomic mass is 35.5. The lowest BCUT2D eigenvalue weighted by Gasteiger charge is -2.31. The third-order valence-corrected chi connectivity index (χ3v) is 7.62. The predicted octanol–water partition coefficient (Wildman–Crippen LogP) is 5.83. The third kappa shape index (κ3) is 4.55. The Morgan fingerprint density at radius 3 is 2.62 bits per heavy atom. The summed E-state index contributed by atoms with van der Waals surface area (Å²) in [6.07, 6.45) is 0.417. The normalized spacial score (nSPS) is 18.7. The van der Waals surface area contributed by atoms with Crippen LogP contribution in [0.25, 0.3) is 10.8 Å². The first-order valence-electron chi connectivity index (χ1n) is 11.3. The second-order valence-electron chi connectivity index (χ2n) is 9.81. The topological polar surface area (TPSA) is 74.8 Å². The average Bonchev–Trinajstić information content (AvgIpc) is 3.29. The van der Waals surface area contributed by atoms with Gasteiger partial charge in [-0.2, -0.15) is 0 Å². The number of hydrogen-bond acceptors (Lipinski definition) is 5. The molecule has 1 aliphatic heterocycles. The Hall–Kier alpha value is -2.90. The van der Waals surface area contributed by atoms with Crippen LogP contribution in [0.5, 0.6) is 0 Å². The second-order valence-corrected chi connectivity index (χ2v) is 11.6. The largest absolute Gasteiger partial charge is 0.311 e. The highest BCUT2D eigenvalue weighted by Gasteiger charge is 2.38. The lowest BCUT2D eigenvalue weighted by atomic mass is 9.93. The quantitative estimate of drug-likeness (QED) is 0.388. The van der Waals surface area contributed by atoms with Crippen LogP contribution >= 0.6 is 23.4 Å². The molecular formula is C26H26ClN5OS. The molecule has 0 unspecified atom stereocenters. The van der Waals surface area contributed by atoms with Crippen molar-refractivity contribution in [1.29, 1.82) is 0 Å². The summed E-state index contributed by atoms with van der Waals surface area (Å²) in [5.41, 5.74) is 3.03. The molecule has 4 aromatic rings. The van der Waals surface area contributed by atoms with Crippen molar-refractivity contribution >= 4 is 45.7 Å². The lowest BCUT2D eigenvalue weighted by Crippen LogP contribution is -2.42. The number of fused-ring (bicyclic) bond motifs is 2. The van der Waals surface area contributed by atoms with E-state index in [1.807, 2.05) is 29.2 Å². The van der Waals surface area contributed by atoms with Crippen molar-refractivity contribution < 1.29 is 4.79 Å². The molecule has 0 saturated heterocycles. The zero-order chi connectivity index (χ0) is 23.9. The molecule has 0 saturated carbocycles. The number of H-pyrrole nitrogens is 1. The minimum absolute atomic E-state index is 0.0580. The maximum absolute atomic E-state index is 14.0. The van der Waals surface area contributed by atoms with Crippen LogP contribution < -0.4 is 4.90 Å². The second kappa shape index (κ2) is 9.04. The van der Waals surface area contributed by atoms with Gasteiger partial charge in [-0.3, -0.25) is 4.79 Å². The Balaban J connectivity index is 1.71. The summed E-state index contributed by atoms with van der Waals surface area (Å²) in [7, 11) is 0. The smallest absolute Gasteiger partial charge is 0.240 e. The van der Waals surface area contributed by atoms with Gasteiger partial charge in [0.15, 0.2) is 0 Å². The number of hydrogen-bond donors (Lipinski definition) is 1. The molecule has 0 aliphatic carbocycles. The van der Waals surface area contributed by atoms with E-state index in [2.05, 4.69) is 77.8 Å². The number of aromatic nitrogens is 4. The van der Waals surface area contributed by atoms with Gasteiger partial charge >= 0.3 is 0 Å². The van der Waals surface area contributed by atoms with Crippen molar-refractivity contribution in [3.8, 4) is 0 Å². The summed E-state index contributed by atoms with van der Waals surface area (Å²) in [5, 5.41) is 16.9. The number of aromatic amines is 1. The van der Waals surface area contributed by atoms with Crippen LogP contribution in [-0.4, -0.2) is 38.3 Å². The maximum atomic E-state index is 14.0. The summed E-state index contributed by atoms with van der Waals surface area (Å²) >= 11 is 8.17. The van der Waals surface area contributed by atoms with Gasteiger partial charge in [-0.05, 0) is 55.9 Å². The van der Waals surface area contributed by atoms with Crippen LogP contribution in [0.1, 0.15) is 43.0 Å². The summed E-state index contributed by atoms with van der Waals surface area (Å²) in [6.45, 7) is 7.02. The van der Waals surface area contributed by atoms with E-state index in [1.54, 1.807) is 11.8 Å². The number of benzene rings is 3. The highest BCUT2D eigenvalue weighted by Crippen LogP contribution is 2.49. The molecule has 1 aliphatic rings. The fraction of sp³-hybridized carbons (Fsp3) is 0.308. The molecule has 0 fully saturated rings. The maximum Gasteiger partial charge on any atom is 0.240 e. The van der Waals surface area contributed by atoms with Crippen LogP contribution in [0.4, 0.5) is 5.69 Å². The molecule has 8 heteroatoms. The zero-order valence-corrected chi connectivity index (χ0v) is 20.9. The van der Waals surface area contributed by atoms with Crippen LogP contribution in [0.3, 0.4) is 0 Å². The Morgan fingerprint density at radius 2 is 1.85 bits per heavy atom. The molecule has 0 radical (unpaired) electrons. The molecule has 1 amide bonds. The van der Waals surface area contributed by atoms with E-state index >= 15 is 0 Å². The molecule has 3 aromatic carbocycles. The minimum Gasteiger partial charge on any atom is -0.311 e. The number of nitrogens with one attached hydrogen (secondary N) is 1. The molecule has 34 heavy (non-hydrogen) atoms. The van der Waals surface area contributed by atoms with E-state index in [0.717, 1.165) is 16.8 Å².